The number of hydrogen-bond acceptors (Lipinski definition) is 4. The molecule has 2 aromatic rings. The number of anilines is 1. The van der Waals surface area contributed by atoms with E-state index in [9.17, 15) is 0 Å². The molecule has 96 valence electrons. The van der Waals surface area contributed by atoms with Gasteiger partial charge in [-0.15, -0.1) is 0 Å². The van der Waals surface area contributed by atoms with Gasteiger partial charge in [-0.05, 0) is 29.8 Å². The Morgan fingerprint density at radius 1 is 1.16 bits per heavy atom. The minimum Gasteiger partial charge on any atom is -0.497 e. The molecule has 0 saturated heterocycles. The molecule has 4 nitrogen and oxygen atoms in total. The molecule has 0 amide bonds. The number of rotatable bonds is 4. The van der Waals surface area contributed by atoms with E-state index in [1.54, 1.807) is 37.4 Å². The highest BCUT2D eigenvalue weighted by molar-refractivity contribution is 5.56. The van der Waals surface area contributed by atoms with Crippen LogP contribution in [0.4, 0.5) is 5.69 Å². The second-order valence-electron chi connectivity index (χ2n) is 4.00. The normalized spacial score (nSPS) is 9.68. The summed E-state index contributed by atoms with van der Waals surface area (Å²) in [6, 6.07) is 14.6. The van der Waals surface area contributed by atoms with Crippen LogP contribution in [-0.4, -0.2) is 7.11 Å². The van der Waals surface area contributed by atoms with Crippen molar-refractivity contribution in [2.45, 2.75) is 6.61 Å². The standard InChI is InChI=1S/C15H14N2O2/c1-18-13-6-7-15(14(17)8-13)19-10-12-4-2-11(9-16)3-5-12/h2-8H,10,17H2,1H3. The molecule has 0 aliphatic carbocycles. The summed E-state index contributed by atoms with van der Waals surface area (Å²) in [5.41, 5.74) is 8.01. The van der Waals surface area contributed by atoms with Crippen molar-refractivity contribution in [3.63, 3.8) is 0 Å². The molecule has 0 heterocycles. The molecule has 0 unspecified atom stereocenters. The lowest BCUT2D eigenvalue weighted by Crippen LogP contribution is -1.99. The van der Waals surface area contributed by atoms with E-state index in [4.69, 9.17) is 20.5 Å². The molecular formula is C15H14N2O2. The molecule has 0 saturated carbocycles. The first-order chi connectivity index (χ1) is 9.22. The lowest BCUT2D eigenvalue weighted by atomic mass is 10.1. The topological polar surface area (TPSA) is 68.3 Å². The average Bonchev–Trinajstić information content (AvgIpc) is 2.46. The van der Waals surface area contributed by atoms with Crippen molar-refractivity contribution in [1.82, 2.24) is 0 Å². The van der Waals surface area contributed by atoms with Gasteiger partial charge in [-0.3, -0.25) is 0 Å². The van der Waals surface area contributed by atoms with Crippen LogP contribution < -0.4 is 15.2 Å². The number of nitrogens with two attached hydrogens (primary N) is 1. The maximum Gasteiger partial charge on any atom is 0.142 e. The molecule has 0 bridgehead atoms. The Morgan fingerprint density at radius 2 is 1.89 bits per heavy atom. The van der Waals surface area contributed by atoms with Crippen molar-refractivity contribution in [2.75, 3.05) is 12.8 Å². The summed E-state index contributed by atoms with van der Waals surface area (Å²) >= 11 is 0. The van der Waals surface area contributed by atoms with E-state index < -0.39 is 0 Å². The van der Waals surface area contributed by atoms with Gasteiger partial charge in [0, 0.05) is 6.07 Å². The Balaban J connectivity index is 2.04. The lowest BCUT2D eigenvalue weighted by Gasteiger charge is -2.10. The van der Waals surface area contributed by atoms with Crippen molar-refractivity contribution < 1.29 is 9.47 Å². The van der Waals surface area contributed by atoms with Crippen LogP contribution in [0.3, 0.4) is 0 Å². The van der Waals surface area contributed by atoms with Crippen molar-refractivity contribution in [1.29, 1.82) is 5.26 Å². The van der Waals surface area contributed by atoms with Crippen LogP contribution in [0.5, 0.6) is 11.5 Å². The third-order valence-electron chi connectivity index (χ3n) is 2.69. The van der Waals surface area contributed by atoms with E-state index in [0.717, 1.165) is 5.56 Å². The van der Waals surface area contributed by atoms with E-state index in [1.807, 2.05) is 12.1 Å². The van der Waals surface area contributed by atoms with Crippen molar-refractivity contribution in [3.05, 3.63) is 53.6 Å². The summed E-state index contributed by atoms with van der Waals surface area (Å²) in [6.45, 7) is 0.405. The molecule has 0 atom stereocenters. The monoisotopic (exact) mass is 254 g/mol. The number of nitrogen functional groups attached to an aromatic ring is 1. The zero-order valence-electron chi connectivity index (χ0n) is 10.6. The van der Waals surface area contributed by atoms with Gasteiger partial charge in [0.25, 0.3) is 0 Å². The molecular weight excluding hydrogens is 240 g/mol. The second kappa shape index (κ2) is 5.78. The summed E-state index contributed by atoms with van der Waals surface area (Å²) < 4.78 is 10.7. The molecule has 0 spiro atoms. The third kappa shape index (κ3) is 3.17. The highest BCUT2D eigenvalue weighted by atomic mass is 16.5. The van der Waals surface area contributed by atoms with Gasteiger partial charge in [0.2, 0.25) is 0 Å². The summed E-state index contributed by atoms with van der Waals surface area (Å²) in [5.74, 6) is 1.31. The Kier molecular flexibility index (Phi) is 3.89. The van der Waals surface area contributed by atoms with E-state index in [1.165, 1.54) is 0 Å². The first-order valence-electron chi connectivity index (χ1n) is 5.78. The van der Waals surface area contributed by atoms with E-state index in [-0.39, 0.29) is 0 Å². The molecule has 19 heavy (non-hydrogen) atoms. The van der Waals surface area contributed by atoms with Gasteiger partial charge in [-0.1, -0.05) is 12.1 Å². The molecule has 2 rings (SSSR count). The molecule has 2 aromatic carbocycles. The molecule has 4 heteroatoms. The van der Waals surface area contributed by atoms with E-state index >= 15 is 0 Å². The van der Waals surface area contributed by atoms with Crippen LogP contribution in [-0.2, 0) is 6.61 Å². The molecule has 0 aromatic heterocycles. The quantitative estimate of drug-likeness (QED) is 0.852. The zero-order chi connectivity index (χ0) is 13.7. The largest absolute Gasteiger partial charge is 0.497 e. The summed E-state index contributed by atoms with van der Waals surface area (Å²) in [4.78, 5) is 0. The third-order valence-corrected chi connectivity index (χ3v) is 2.69. The Bertz CT molecular complexity index is 601. The number of hydrogen-bond donors (Lipinski definition) is 1. The predicted octanol–water partition coefficient (Wildman–Crippen LogP) is 2.73. The van der Waals surface area contributed by atoms with Gasteiger partial charge < -0.3 is 15.2 Å². The smallest absolute Gasteiger partial charge is 0.142 e. The van der Waals surface area contributed by atoms with Gasteiger partial charge >= 0.3 is 0 Å². The average molecular weight is 254 g/mol. The lowest BCUT2D eigenvalue weighted by molar-refractivity contribution is 0.307. The van der Waals surface area contributed by atoms with E-state index in [2.05, 4.69) is 6.07 Å². The summed E-state index contributed by atoms with van der Waals surface area (Å²) in [5, 5.41) is 8.71. The van der Waals surface area contributed by atoms with Gasteiger partial charge in [0.1, 0.15) is 18.1 Å². The minimum atomic E-state index is 0.405. The summed E-state index contributed by atoms with van der Waals surface area (Å²) in [6.07, 6.45) is 0. The van der Waals surface area contributed by atoms with Crippen molar-refractivity contribution >= 4 is 5.69 Å². The van der Waals surface area contributed by atoms with Crippen LogP contribution >= 0.6 is 0 Å². The van der Waals surface area contributed by atoms with E-state index in [0.29, 0.717) is 29.4 Å². The van der Waals surface area contributed by atoms with Gasteiger partial charge in [-0.25, -0.2) is 0 Å². The zero-order valence-corrected chi connectivity index (χ0v) is 10.6. The van der Waals surface area contributed by atoms with Crippen LogP contribution in [0.25, 0.3) is 0 Å². The van der Waals surface area contributed by atoms with Crippen LogP contribution in [0.1, 0.15) is 11.1 Å². The first kappa shape index (κ1) is 12.8. The fourth-order valence-electron chi connectivity index (χ4n) is 1.62. The first-order valence-corrected chi connectivity index (χ1v) is 5.78. The minimum absolute atomic E-state index is 0.405. The fourth-order valence-corrected chi connectivity index (χ4v) is 1.62. The molecule has 0 aliphatic heterocycles. The Labute approximate surface area is 112 Å². The highest BCUT2D eigenvalue weighted by Gasteiger charge is 2.03. The highest BCUT2D eigenvalue weighted by Crippen LogP contribution is 2.26. The number of nitriles is 1. The second-order valence-corrected chi connectivity index (χ2v) is 4.00. The van der Waals surface area contributed by atoms with Gasteiger partial charge in [0.15, 0.2) is 0 Å². The molecule has 0 fully saturated rings. The van der Waals surface area contributed by atoms with Crippen LogP contribution in [0, 0.1) is 11.3 Å². The molecule has 0 aliphatic rings. The molecule has 0 radical (unpaired) electrons. The maximum absolute atomic E-state index is 8.71. The number of benzene rings is 2. The van der Waals surface area contributed by atoms with Crippen LogP contribution in [0.15, 0.2) is 42.5 Å². The van der Waals surface area contributed by atoms with Crippen molar-refractivity contribution in [3.8, 4) is 17.6 Å². The fraction of sp³-hybridized carbons (Fsp3) is 0.133. The number of ether oxygens (including phenoxy) is 2. The van der Waals surface area contributed by atoms with Crippen molar-refractivity contribution in [2.24, 2.45) is 0 Å². The van der Waals surface area contributed by atoms with Gasteiger partial charge in [0.05, 0.1) is 24.4 Å². The van der Waals surface area contributed by atoms with Crippen LogP contribution in [0.2, 0.25) is 0 Å². The SMILES string of the molecule is COc1ccc(OCc2ccc(C#N)cc2)c(N)c1. The van der Waals surface area contributed by atoms with Gasteiger partial charge in [-0.2, -0.15) is 5.26 Å². The Hall–Kier alpha value is -2.67. The number of nitrogens with zero attached hydrogens (tertiary/aromatic N) is 1. The summed E-state index contributed by atoms with van der Waals surface area (Å²) in [7, 11) is 1.59. The molecule has 2 N–H and O–H groups in total. The maximum atomic E-state index is 8.71. The Morgan fingerprint density at radius 3 is 2.47 bits per heavy atom. The number of methoxy groups -OCH3 is 1. The predicted molar refractivity (Wildman–Crippen MR) is 72.9 cm³/mol.